The first kappa shape index (κ1) is 15.0. The van der Waals surface area contributed by atoms with E-state index < -0.39 is 16.6 Å². The molecule has 0 amide bonds. The summed E-state index contributed by atoms with van der Waals surface area (Å²) in [6, 6.07) is 12.5. The molecule has 20 heavy (non-hydrogen) atoms. The van der Waals surface area contributed by atoms with E-state index in [0.717, 1.165) is 16.8 Å². The Kier molecular flexibility index (Phi) is 5.15. The molecule has 0 radical (unpaired) electrons. The van der Waals surface area contributed by atoms with Gasteiger partial charge in [-0.1, -0.05) is 29.8 Å². The van der Waals surface area contributed by atoms with Crippen molar-refractivity contribution in [3.05, 3.63) is 64.4 Å². The average molecular weight is 312 g/mol. The Labute approximate surface area is 125 Å². The molecule has 1 N–H and O–H groups in total. The molecular weight excluding hydrogens is 297 g/mol. The highest BCUT2D eigenvalue weighted by molar-refractivity contribution is 7.83. The zero-order valence-electron chi connectivity index (χ0n) is 11.0. The Bertz CT molecular complexity index is 633. The Morgan fingerprint density at radius 1 is 1.20 bits per heavy atom. The standard InChI is InChI=1S/C15H15ClFNOS/c1-20(19)10-12-3-2-4-13(7-12)18-9-11-5-6-14(16)15(17)8-11/h2-8,18H,9-10H2,1H3. The fraction of sp³-hybridized carbons (Fsp3) is 0.200. The molecule has 0 spiro atoms. The molecule has 0 saturated heterocycles. The zero-order chi connectivity index (χ0) is 14.5. The summed E-state index contributed by atoms with van der Waals surface area (Å²) >= 11 is 5.64. The van der Waals surface area contributed by atoms with Crippen molar-refractivity contribution in [2.45, 2.75) is 12.3 Å². The summed E-state index contributed by atoms with van der Waals surface area (Å²) < 4.78 is 24.5. The lowest BCUT2D eigenvalue weighted by atomic mass is 10.2. The van der Waals surface area contributed by atoms with Crippen LogP contribution in [0.2, 0.25) is 5.02 Å². The Morgan fingerprint density at radius 2 is 2.00 bits per heavy atom. The second-order valence-corrected chi connectivity index (χ2v) is 6.36. The summed E-state index contributed by atoms with van der Waals surface area (Å²) in [4.78, 5) is 0. The molecule has 2 rings (SSSR count). The van der Waals surface area contributed by atoms with Crippen LogP contribution in [0, 0.1) is 5.82 Å². The van der Waals surface area contributed by atoms with Crippen LogP contribution in [-0.2, 0) is 23.1 Å². The summed E-state index contributed by atoms with van der Waals surface area (Å²) in [5.41, 5.74) is 2.75. The van der Waals surface area contributed by atoms with Gasteiger partial charge < -0.3 is 5.32 Å². The van der Waals surface area contributed by atoms with E-state index in [-0.39, 0.29) is 5.02 Å². The van der Waals surface area contributed by atoms with Crippen LogP contribution in [0.5, 0.6) is 0 Å². The predicted octanol–water partition coefficient (Wildman–Crippen LogP) is 3.97. The second kappa shape index (κ2) is 6.86. The van der Waals surface area contributed by atoms with Gasteiger partial charge in [0.1, 0.15) is 5.82 Å². The van der Waals surface area contributed by atoms with Crippen LogP contribution in [0.15, 0.2) is 42.5 Å². The maximum absolute atomic E-state index is 13.3. The Morgan fingerprint density at radius 3 is 2.70 bits per heavy atom. The molecule has 1 atom stereocenters. The number of hydrogen-bond acceptors (Lipinski definition) is 2. The summed E-state index contributed by atoms with van der Waals surface area (Å²) in [7, 11) is -0.862. The van der Waals surface area contributed by atoms with Crippen molar-refractivity contribution in [3.8, 4) is 0 Å². The quantitative estimate of drug-likeness (QED) is 0.905. The molecule has 2 aromatic rings. The van der Waals surface area contributed by atoms with Crippen LogP contribution in [0.1, 0.15) is 11.1 Å². The number of anilines is 1. The minimum atomic E-state index is -0.862. The maximum Gasteiger partial charge on any atom is 0.142 e. The van der Waals surface area contributed by atoms with E-state index >= 15 is 0 Å². The van der Waals surface area contributed by atoms with Crippen molar-refractivity contribution in [3.63, 3.8) is 0 Å². The smallest absolute Gasteiger partial charge is 0.142 e. The number of nitrogens with one attached hydrogen (secondary N) is 1. The fourth-order valence-corrected chi connectivity index (χ4v) is 2.63. The Balaban J connectivity index is 2.03. The fourth-order valence-electron chi connectivity index (χ4n) is 1.86. The molecule has 0 aliphatic carbocycles. The average Bonchev–Trinajstić information content (AvgIpc) is 2.40. The third-order valence-electron chi connectivity index (χ3n) is 2.78. The van der Waals surface area contributed by atoms with Crippen LogP contribution in [0.25, 0.3) is 0 Å². The number of rotatable bonds is 5. The topological polar surface area (TPSA) is 29.1 Å². The van der Waals surface area contributed by atoms with Gasteiger partial charge in [-0.3, -0.25) is 4.21 Å². The van der Waals surface area contributed by atoms with Crippen LogP contribution >= 0.6 is 11.6 Å². The highest BCUT2D eigenvalue weighted by Gasteiger charge is 2.02. The first-order valence-electron chi connectivity index (χ1n) is 6.11. The highest BCUT2D eigenvalue weighted by Crippen LogP contribution is 2.17. The largest absolute Gasteiger partial charge is 0.381 e. The molecule has 0 heterocycles. The monoisotopic (exact) mass is 311 g/mol. The van der Waals surface area contributed by atoms with Crippen molar-refractivity contribution in [2.75, 3.05) is 11.6 Å². The summed E-state index contributed by atoms with van der Waals surface area (Å²) in [5, 5.41) is 3.34. The van der Waals surface area contributed by atoms with Crippen molar-refractivity contribution in [1.82, 2.24) is 0 Å². The van der Waals surface area contributed by atoms with Gasteiger partial charge in [-0.2, -0.15) is 0 Å². The lowest BCUT2D eigenvalue weighted by Gasteiger charge is -2.08. The SMILES string of the molecule is CS(=O)Cc1cccc(NCc2ccc(Cl)c(F)c2)c1. The molecule has 2 nitrogen and oxygen atoms in total. The van der Waals surface area contributed by atoms with Crippen LogP contribution in [0.4, 0.5) is 10.1 Å². The third kappa shape index (κ3) is 4.32. The third-order valence-corrected chi connectivity index (χ3v) is 3.82. The normalized spacial score (nSPS) is 12.2. The van der Waals surface area contributed by atoms with Crippen molar-refractivity contribution >= 4 is 28.1 Å². The van der Waals surface area contributed by atoms with Crippen LogP contribution in [-0.4, -0.2) is 10.5 Å². The number of hydrogen-bond donors (Lipinski definition) is 1. The number of halogens is 2. The molecule has 1 unspecified atom stereocenters. The van der Waals surface area contributed by atoms with Gasteiger partial charge in [0.15, 0.2) is 0 Å². The summed E-state index contributed by atoms with van der Waals surface area (Å²) in [5.74, 6) is 0.117. The van der Waals surface area contributed by atoms with Crippen LogP contribution < -0.4 is 5.32 Å². The zero-order valence-corrected chi connectivity index (χ0v) is 12.6. The van der Waals surface area contributed by atoms with E-state index in [0.29, 0.717) is 12.3 Å². The van der Waals surface area contributed by atoms with Gasteiger partial charge in [0, 0.05) is 35.0 Å². The molecule has 0 aromatic heterocycles. The van der Waals surface area contributed by atoms with E-state index in [9.17, 15) is 8.60 Å². The van der Waals surface area contributed by atoms with Crippen LogP contribution in [0.3, 0.4) is 0 Å². The molecule has 5 heteroatoms. The molecule has 0 aliphatic rings. The minimum Gasteiger partial charge on any atom is -0.381 e. The molecular formula is C15H15ClFNOS. The summed E-state index contributed by atoms with van der Waals surface area (Å²) in [6.45, 7) is 0.507. The molecule has 0 aliphatic heterocycles. The van der Waals surface area contributed by atoms with Gasteiger partial charge in [-0.25, -0.2) is 4.39 Å². The van der Waals surface area contributed by atoms with E-state index in [4.69, 9.17) is 11.6 Å². The van der Waals surface area contributed by atoms with E-state index in [1.165, 1.54) is 6.07 Å². The second-order valence-electron chi connectivity index (χ2n) is 4.52. The van der Waals surface area contributed by atoms with Gasteiger partial charge >= 0.3 is 0 Å². The van der Waals surface area contributed by atoms with E-state index in [1.54, 1.807) is 18.4 Å². The molecule has 0 saturated carbocycles. The van der Waals surface area contributed by atoms with Gasteiger partial charge in [0.2, 0.25) is 0 Å². The lowest BCUT2D eigenvalue weighted by molar-refractivity contribution is 0.626. The number of benzene rings is 2. The van der Waals surface area contributed by atoms with Crippen molar-refractivity contribution in [1.29, 1.82) is 0 Å². The highest BCUT2D eigenvalue weighted by atomic mass is 35.5. The molecule has 0 bridgehead atoms. The first-order valence-corrected chi connectivity index (χ1v) is 8.22. The molecule has 2 aromatic carbocycles. The van der Waals surface area contributed by atoms with Gasteiger partial charge in [0.05, 0.1) is 5.02 Å². The summed E-state index contributed by atoms with van der Waals surface area (Å²) in [6.07, 6.45) is 1.68. The molecule has 0 fully saturated rings. The maximum atomic E-state index is 13.3. The van der Waals surface area contributed by atoms with Gasteiger partial charge in [0.25, 0.3) is 0 Å². The van der Waals surface area contributed by atoms with Gasteiger partial charge in [-0.05, 0) is 35.4 Å². The predicted molar refractivity (Wildman–Crippen MR) is 82.9 cm³/mol. The Hall–Kier alpha value is -1.39. The minimum absolute atomic E-state index is 0.126. The first-order chi connectivity index (χ1) is 9.54. The van der Waals surface area contributed by atoms with Crippen molar-refractivity contribution in [2.24, 2.45) is 0 Å². The molecule has 106 valence electrons. The van der Waals surface area contributed by atoms with E-state index in [1.807, 2.05) is 24.3 Å². The van der Waals surface area contributed by atoms with E-state index in [2.05, 4.69) is 5.32 Å². The van der Waals surface area contributed by atoms with Crippen molar-refractivity contribution < 1.29 is 8.60 Å². The van der Waals surface area contributed by atoms with Gasteiger partial charge in [-0.15, -0.1) is 0 Å². The lowest BCUT2D eigenvalue weighted by Crippen LogP contribution is -2.01.